The predicted molar refractivity (Wildman–Crippen MR) is 101 cm³/mol. The molecular formula is C19H27N5O2. The highest BCUT2D eigenvalue weighted by Gasteiger charge is 2.24. The smallest absolute Gasteiger partial charge is 0.340 e. The molecular weight excluding hydrogens is 330 g/mol. The molecule has 1 aliphatic rings. The van der Waals surface area contributed by atoms with E-state index in [1.165, 1.54) is 7.11 Å². The van der Waals surface area contributed by atoms with Crippen molar-refractivity contribution in [2.75, 3.05) is 25.5 Å². The molecule has 3 rings (SSSR count). The van der Waals surface area contributed by atoms with Crippen LogP contribution in [-0.4, -0.2) is 51.9 Å². The summed E-state index contributed by atoms with van der Waals surface area (Å²) in [6.45, 7) is 8.74. The van der Waals surface area contributed by atoms with E-state index in [2.05, 4.69) is 45.8 Å². The molecule has 0 spiro atoms. The van der Waals surface area contributed by atoms with Crippen molar-refractivity contribution in [1.82, 2.24) is 19.7 Å². The summed E-state index contributed by atoms with van der Waals surface area (Å²) >= 11 is 0. The van der Waals surface area contributed by atoms with Gasteiger partial charge in [0.25, 0.3) is 0 Å². The van der Waals surface area contributed by atoms with Gasteiger partial charge >= 0.3 is 5.97 Å². The molecule has 0 radical (unpaired) electrons. The van der Waals surface area contributed by atoms with Crippen LogP contribution in [0.15, 0.2) is 24.7 Å². The van der Waals surface area contributed by atoms with Gasteiger partial charge in [-0.3, -0.25) is 9.67 Å². The van der Waals surface area contributed by atoms with Gasteiger partial charge in [0.1, 0.15) is 0 Å². The van der Waals surface area contributed by atoms with Crippen molar-refractivity contribution < 1.29 is 9.53 Å². The predicted octanol–water partition coefficient (Wildman–Crippen LogP) is 3.16. The Labute approximate surface area is 154 Å². The number of methoxy groups -OCH3 is 1. The Morgan fingerprint density at radius 1 is 1.27 bits per heavy atom. The lowest BCUT2D eigenvalue weighted by Gasteiger charge is -2.35. The molecule has 1 aliphatic heterocycles. The van der Waals surface area contributed by atoms with Crippen LogP contribution in [0.5, 0.6) is 0 Å². The third-order valence-corrected chi connectivity index (χ3v) is 5.12. The van der Waals surface area contributed by atoms with E-state index in [1.54, 1.807) is 18.5 Å². The number of nitrogens with zero attached hydrogens (tertiary/aromatic N) is 4. The number of rotatable bonds is 5. The SMILES string of the molecule is COC(=O)c1ccncc1Nc1cnn(C2CCN(C(C)C)CC2)c1C. The maximum atomic E-state index is 11.9. The summed E-state index contributed by atoms with van der Waals surface area (Å²) in [6, 6.07) is 2.65. The zero-order valence-electron chi connectivity index (χ0n) is 15.9. The van der Waals surface area contributed by atoms with Crippen LogP contribution >= 0.6 is 0 Å². The molecule has 1 N–H and O–H groups in total. The van der Waals surface area contributed by atoms with Gasteiger partial charge in [0.05, 0.1) is 48.2 Å². The van der Waals surface area contributed by atoms with E-state index in [0.717, 1.165) is 37.3 Å². The van der Waals surface area contributed by atoms with Crippen molar-refractivity contribution in [3.05, 3.63) is 35.9 Å². The van der Waals surface area contributed by atoms with Crippen molar-refractivity contribution in [2.45, 2.75) is 45.7 Å². The van der Waals surface area contributed by atoms with E-state index in [-0.39, 0.29) is 5.97 Å². The summed E-state index contributed by atoms with van der Waals surface area (Å²) in [6.07, 6.45) is 7.22. The van der Waals surface area contributed by atoms with Crippen molar-refractivity contribution in [3.8, 4) is 0 Å². The van der Waals surface area contributed by atoms with Gasteiger partial charge in [-0.25, -0.2) is 4.79 Å². The van der Waals surface area contributed by atoms with Gasteiger partial charge in [-0.05, 0) is 39.7 Å². The first kappa shape index (κ1) is 18.4. The molecule has 1 fully saturated rings. The molecule has 3 heterocycles. The second kappa shape index (κ2) is 7.86. The Morgan fingerprint density at radius 2 is 2.00 bits per heavy atom. The molecule has 2 aromatic heterocycles. The minimum absolute atomic E-state index is 0.388. The topological polar surface area (TPSA) is 72.3 Å². The Bertz CT molecular complexity index is 763. The minimum Gasteiger partial charge on any atom is -0.465 e. The van der Waals surface area contributed by atoms with Crippen LogP contribution in [0.4, 0.5) is 11.4 Å². The number of aromatic nitrogens is 3. The fraction of sp³-hybridized carbons (Fsp3) is 0.526. The van der Waals surface area contributed by atoms with Gasteiger partial charge < -0.3 is 15.0 Å². The van der Waals surface area contributed by atoms with Crippen LogP contribution < -0.4 is 5.32 Å². The number of hydrogen-bond acceptors (Lipinski definition) is 6. The first-order chi connectivity index (χ1) is 12.5. The number of esters is 1. The summed E-state index contributed by atoms with van der Waals surface area (Å²) in [5.41, 5.74) is 3.03. The summed E-state index contributed by atoms with van der Waals surface area (Å²) < 4.78 is 6.95. The highest BCUT2D eigenvalue weighted by Crippen LogP contribution is 2.29. The second-order valence-electron chi connectivity index (χ2n) is 6.99. The molecule has 140 valence electrons. The number of nitrogens with one attached hydrogen (secondary N) is 1. The lowest BCUT2D eigenvalue weighted by Crippen LogP contribution is -2.39. The van der Waals surface area contributed by atoms with E-state index >= 15 is 0 Å². The first-order valence-corrected chi connectivity index (χ1v) is 9.08. The van der Waals surface area contributed by atoms with Gasteiger partial charge in [-0.2, -0.15) is 5.10 Å². The third kappa shape index (κ3) is 3.72. The maximum absolute atomic E-state index is 11.9. The number of carbonyl (C=O) groups excluding carboxylic acids is 1. The summed E-state index contributed by atoms with van der Waals surface area (Å²) in [5.74, 6) is -0.388. The molecule has 0 atom stereocenters. The Balaban J connectivity index is 1.76. The number of likely N-dealkylation sites (tertiary alicyclic amines) is 1. The lowest BCUT2D eigenvalue weighted by atomic mass is 10.0. The quantitative estimate of drug-likeness (QED) is 0.829. The standard InChI is InChI=1S/C19H27N5O2/c1-13(2)23-9-6-15(7-10-23)24-14(3)17(12-21-24)22-18-11-20-8-5-16(18)19(25)26-4/h5,8,11-13,15,22H,6-7,9-10H2,1-4H3. The number of carbonyl (C=O) groups is 1. The number of hydrogen-bond donors (Lipinski definition) is 1. The van der Waals surface area contributed by atoms with Crippen LogP contribution in [0.3, 0.4) is 0 Å². The van der Waals surface area contributed by atoms with Crippen molar-refractivity contribution in [2.24, 2.45) is 0 Å². The van der Waals surface area contributed by atoms with E-state index < -0.39 is 0 Å². The molecule has 0 saturated carbocycles. The zero-order valence-corrected chi connectivity index (χ0v) is 15.9. The number of piperidine rings is 1. The molecule has 0 amide bonds. The third-order valence-electron chi connectivity index (χ3n) is 5.12. The number of anilines is 2. The molecule has 0 bridgehead atoms. The van der Waals surface area contributed by atoms with E-state index in [9.17, 15) is 4.79 Å². The van der Waals surface area contributed by atoms with Gasteiger partial charge in [0, 0.05) is 25.3 Å². The Hall–Kier alpha value is -2.41. The number of pyridine rings is 1. The largest absolute Gasteiger partial charge is 0.465 e. The van der Waals surface area contributed by atoms with Gasteiger partial charge in [0.15, 0.2) is 0 Å². The van der Waals surface area contributed by atoms with Gasteiger partial charge in [0.2, 0.25) is 0 Å². The number of ether oxygens (including phenoxy) is 1. The normalized spacial score (nSPS) is 16.0. The average Bonchev–Trinajstić information content (AvgIpc) is 3.02. The van der Waals surface area contributed by atoms with Crippen LogP contribution in [0.2, 0.25) is 0 Å². The highest BCUT2D eigenvalue weighted by atomic mass is 16.5. The summed E-state index contributed by atoms with van der Waals surface area (Å²) in [4.78, 5) is 18.5. The molecule has 0 aromatic carbocycles. The lowest BCUT2D eigenvalue weighted by molar-refractivity contribution is 0.0602. The molecule has 0 aliphatic carbocycles. The monoisotopic (exact) mass is 357 g/mol. The fourth-order valence-electron chi connectivity index (χ4n) is 3.49. The second-order valence-corrected chi connectivity index (χ2v) is 6.99. The molecule has 7 nitrogen and oxygen atoms in total. The first-order valence-electron chi connectivity index (χ1n) is 9.08. The van der Waals surface area contributed by atoms with Gasteiger partial charge in [-0.15, -0.1) is 0 Å². The summed E-state index contributed by atoms with van der Waals surface area (Å²) in [7, 11) is 1.37. The molecule has 7 heteroatoms. The Kier molecular flexibility index (Phi) is 5.56. The fourth-order valence-corrected chi connectivity index (χ4v) is 3.49. The summed E-state index contributed by atoms with van der Waals surface area (Å²) in [5, 5.41) is 7.88. The molecule has 26 heavy (non-hydrogen) atoms. The van der Waals surface area contributed by atoms with Gasteiger partial charge in [-0.1, -0.05) is 0 Å². The van der Waals surface area contributed by atoms with Crippen molar-refractivity contribution in [1.29, 1.82) is 0 Å². The van der Waals surface area contributed by atoms with Crippen LogP contribution in [-0.2, 0) is 4.74 Å². The zero-order chi connectivity index (χ0) is 18.7. The van der Waals surface area contributed by atoms with E-state index in [0.29, 0.717) is 23.3 Å². The molecule has 0 unspecified atom stereocenters. The van der Waals surface area contributed by atoms with Crippen LogP contribution in [0.1, 0.15) is 48.8 Å². The molecule has 2 aromatic rings. The van der Waals surface area contributed by atoms with Crippen molar-refractivity contribution >= 4 is 17.3 Å². The van der Waals surface area contributed by atoms with Crippen LogP contribution in [0.25, 0.3) is 0 Å². The Morgan fingerprint density at radius 3 is 2.65 bits per heavy atom. The minimum atomic E-state index is -0.388. The van der Waals surface area contributed by atoms with E-state index in [1.807, 2.05) is 6.20 Å². The molecule has 1 saturated heterocycles. The van der Waals surface area contributed by atoms with Crippen LogP contribution in [0, 0.1) is 6.92 Å². The average molecular weight is 357 g/mol. The van der Waals surface area contributed by atoms with Crippen molar-refractivity contribution in [3.63, 3.8) is 0 Å². The van der Waals surface area contributed by atoms with E-state index in [4.69, 9.17) is 4.74 Å². The highest BCUT2D eigenvalue weighted by molar-refractivity contribution is 5.96. The maximum Gasteiger partial charge on any atom is 0.340 e.